The lowest BCUT2D eigenvalue weighted by Gasteiger charge is -2.00. The lowest BCUT2D eigenvalue weighted by atomic mass is 10.2. The van der Waals surface area contributed by atoms with Crippen LogP contribution in [0.2, 0.25) is 0 Å². The van der Waals surface area contributed by atoms with E-state index >= 15 is 0 Å². The van der Waals surface area contributed by atoms with Gasteiger partial charge in [-0.05, 0) is 19.9 Å². The third-order valence-electron chi connectivity index (χ3n) is 1.64. The minimum absolute atomic E-state index is 0.199. The molecular weight excluding hydrogens is 186 g/mol. The molecular formula is C8H15N3O3. The monoisotopic (exact) mass is 201 g/mol. The van der Waals surface area contributed by atoms with Gasteiger partial charge in [0.2, 0.25) is 0 Å². The van der Waals surface area contributed by atoms with Gasteiger partial charge in [0.15, 0.2) is 5.82 Å². The van der Waals surface area contributed by atoms with Gasteiger partial charge in [-0.3, -0.25) is 0 Å². The predicted octanol–water partition coefficient (Wildman–Crippen LogP) is -0.0117. The van der Waals surface area contributed by atoms with Crippen LogP contribution in [0.25, 0.3) is 0 Å². The Kier molecular flexibility index (Phi) is 4.51. The summed E-state index contributed by atoms with van der Waals surface area (Å²) in [5.74, 6) is 0.642. The van der Waals surface area contributed by atoms with Gasteiger partial charge in [0.1, 0.15) is 12.7 Å². The molecule has 0 aliphatic rings. The molecule has 6 nitrogen and oxygen atoms in total. The summed E-state index contributed by atoms with van der Waals surface area (Å²) in [4.78, 5) is 3.96. The molecule has 80 valence electrons. The average molecular weight is 201 g/mol. The first-order chi connectivity index (χ1) is 6.77. The standard InChI is InChI=1S/C8H15N3O3/c1-2-13-5-7-10-8(14-11-7)6(12)3-4-9/h6,12H,2-5,9H2,1H3. The number of aliphatic hydroxyl groups excluding tert-OH is 1. The van der Waals surface area contributed by atoms with E-state index in [-0.39, 0.29) is 5.89 Å². The van der Waals surface area contributed by atoms with Crippen LogP contribution >= 0.6 is 0 Å². The fraction of sp³-hybridized carbons (Fsp3) is 0.750. The van der Waals surface area contributed by atoms with E-state index in [1.807, 2.05) is 6.92 Å². The molecule has 0 radical (unpaired) electrons. The van der Waals surface area contributed by atoms with Crippen LogP contribution in [0, 0.1) is 0 Å². The number of rotatable bonds is 6. The van der Waals surface area contributed by atoms with Gasteiger partial charge in [0, 0.05) is 6.61 Å². The van der Waals surface area contributed by atoms with E-state index in [9.17, 15) is 5.11 Å². The Labute approximate surface area is 82.1 Å². The van der Waals surface area contributed by atoms with Gasteiger partial charge in [-0.25, -0.2) is 0 Å². The quantitative estimate of drug-likeness (QED) is 0.672. The second-order valence-electron chi connectivity index (χ2n) is 2.78. The van der Waals surface area contributed by atoms with Gasteiger partial charge in [0.25, 0.3) is 5.89 Å². The van der Waals surface area contributed by atoms with Gasteiger partial charge in [-0.15, -0.1) is 0 Å². The summed E-state index contributed by atoms with van der Waals surface area (Å²) < 4.78 is 9.91. The fourth-order valence-corrected chi connectivity index (χ4v) is 0.936. The lowest BCUT2D eigenvalue weighted by molar-refractivity contribution is 0.123. The van der Waals surface area contributed by atoms with Crippen molar-refractivity contribution in [2.45, 2.75) is 26.1 Å². The molecule has 3 N–H and O–H groups in total. The molecule has 0 aliphatic heterocycles. The maximum absolute atomic E-state index is 9.44. The summed E-state index contributed by atoms with van der Waals surface area (Å²) >= 11 is 0. The molecule has 1 atom stereocenters. The maximum atomic E-state index is 9.44. The van der Waals surface area contributed by atoms with Crippen LogP contribution in [0.1, 0.15) is 31.2 Å². The third kappa shape index (κ3) is 3.06. The zero-order chi connectivity index (χ0) is 10.4. The Morgan fingerprint density at radius 2 is 2.43 bits per heavy atom. The Balaban J connectivity index is 2.49. The normalized spacial score (nSPS) is 13.1. The van der Waals surface area contributed by atoms with Gasteiger partial charge in [-0.1, -0.05) is 5.16 Å². The molecule has 14 heavy (non-hydrogen) atoms. The Morgan fingerprint density at radius 3 is 3.07 bits per heavy atom. The second-order valence-corrected chi connectivity index (χ2v) is 2.78. The Bertz CT molecular complexity index is 264. The Hall–Kier alpha value is -0.980. The molecule has 1 heterocycles. The van der Waals surface area contributed by atoms with Gasteiger partial charge >= 0.3 is 0 Å². The van der Waals surface area contributed by atoms with Crippen LogP contribution in [-0.4, -0.2) is 28.4 Å². The molecule has 0 aromatic carbocycles. The van der Waals surface area contributed by atoms with Crippen LogP contribution in [0.4, 0.5) is 0 Å². The molecule has 0 saturated carbocycles. The van der Waals surface area contributed by atoms with Crippen molar-refractivity contribution in [1.29, 1.82) is 0 Å². The summed E-state index contributed by atoms with van der Waals surface area (Å²) in [5, 5.41) is 13.1. The highest BCUT2D eigenvalue weighted by atomic mass is 16.5. The van der Waals surface area contributed by atoms with Crippen molar-refractivity contribution in [1.82, 2.24) is 10.1 Å². The van der Waals surface area contributed by atoms with Crippen molar-refractivity contribution in [3.05, 3.63) is 11.7 Å². The second kappa shape index (κ2) is 5.69. The average Bonchev–Trinajstić information content (AvgIpc) is 2.63. The first kappa shape index (κ1) is 11.1. The van der Waals surface area contributed by atoms with Crippen molar-refractivity contribution >= 4 is 0 Å². The number of ether oxygens (including phenoxy) is 1. The zero-order valence-corrected chi connectivity index (χ0v) is 8.14. The minimum atomic E-state index is -0.775. The lowest BCUT2D eigenvalue weighted by Crippen LogP contribution is -2.07. The van der Waals surface area contributed by atoms with Crippen molar-refractivity contribution in [2.75, 3.05) is 13.2 Å². The third-order valence-corrected chi connectivity index (χ3v) is 1.64. The minimum Gasteiger partial charge on any atom is -0.383 e. The molecule has 0 aliphatic carbocycles. The van der Waals surface area contributed by atoms with Crippen LogP contribution in [0.3, 0.4) is 0 Å². The number of aliphatic hydroxyl groups is 1. The summed E-state index contributed by atoms with van der Waals surface area (Å²) in [6.45, 7) is 3.15. The molecule has 0 saturated heterocycles. The predicted molar refractivity (Wildman–Crippen MR) is 48.3 cm³/mol. The summed E-state index contributed by atoms with van der Waals surface area (Å²) in [5.41, 5.74) is 5.28. The molecule has 0 amide bonds. The molecule has 6 heteroatoms. The molecule has 1 rings (SSSR count). The molecule has 0 bridgehead atoms. The molecule has 0 fully saturated rings. The van der Waals surface area contributed by atoms with E-state index in [2.05, 4.69) is 10.1 Å². The summed E-state index contributed by atoms with van der Waals surface area (Å²) in [6.07, 6.45) is -0.362. The van der Waals surface area contributed by atoms with Crippen molar-refractivity contribution in [3.63, 3.8) is 0 Å². The summed E-state index contributed by atoms with van der Waals surface area (Å²) in [7, 11) is 0. The number of nitrogens with zero attached hydrogens (tertiary/aromatic N) is 2. The molecule has 0 spiro atoms. The van der Waals surface area contributed by atoms with E-state index < -0.39 is 6.10 Å². The van der Waals surface area contributed by atoms with Gasteiger partial charge in [0.05, 0.1) is 0 Å². The molecule has 1 aromatic rings. The van der Waals surface area contributed by atoms with E-state index in [4.69, 9.17) is 15.0 Å². The SMILES string of the molecule is CCOCc1noc(C(O)CCN)n1. The highest BCUT2D eigenvalue weighted by Gasteiger charge is 2.14. The van der Waals surface area contributed by atoms with E-state index in [0.717, 1.165) is 0 Å². The van der Waals surface area contributed by atoms with Crippen LogP contribution in [0.5, 0.6) is 0 Å². The zero-order valence-electron chi connectivity index (χ0n) is 8.14. The topological polar surface area (TPSA) is 94.4 Å². The summed E-state index contributed by atoms with van der Waals surface area (Å²) in [6, 6.07) is 0. The number of hydrogen-bond donors (Lipinski definition) is 2. The Morgan fingerprint density at radius 1 is 1.64 bits per heavy atom. The highest BCUT2D eigenvalue weighted by molar-refractivity contribution is 4.88. The van der Waals surface area contributed by atoms with E-state index in [1.165, 1.54) is 0 Å². The molecule has 1 aromatic heterocycles. The van der Waals surface area contributed by atoms with E-state index in [1.54, 1.807) is 0 Å². The maximum Gasteiger partial charge on any atom is 0.255 e. The van der Waals surface area contributed by atoms with Crippen LogP contribution < -0.4 is 5.73 Å². The fourth-order valence-electron chi connectivity index (χ4n) is 0.936. The first-order valence-corrected chi connectivity index (χ1v) is 4.56. The van der Waals surface area contributed by atoms with Crippen molar-refractivity contribution in [2.24, 2.45) is 5.73 Å². The smallest absolute Gasteiger partial charge is 0.255 e. The number of hydrogen-bond acceptors (Lipinski definition) is 6. The van der Waals surface area contributed by atoms with Crippen LogP contribution in [-0.2, 0) is 11.3 Å². The van der Waals surface area contributed by atoms with Crippen LogP contribution in [0.15, 0.2) is 4.52 Å². The largest absolute Gasteiger partial charge is 0.383 e. The van der Waals surface area contributed by atoms with Crippen molar-refractivity contribution < 1.29 is 14.4 Å². The van der Waals surface area contributed by atoms with Gasteiger partial charge < -0.3 is 20.1 Å². The highest BCUT2D eigenvalue weighted by Crippen LogP contribution is 2.13. The van der Waals surface area contributed by atoms with Gasteiger partial charge in [-0.2, -0.15) is 4.98 Å². The first-order valence-electron chi connectivity index (χ1n) is 4.56. The number of nitrogens with two attached hydrogens (primary N) is 1. The van der Waals surface area contributed by atoms with Crippen molar-refractivity contribution in [3.8, 4) is 0 Å². The number of aromatic nitrogens is 2. The van der Waals surface area contributed by atoms with E-state index in [0.29, 0.717) is 32.0 Å². The molecule has 1 unspecified atom stereocenters.